The lowest BCUT2D eigenvalue weighted by Gasteiger charge is -2.05. The van der Waals surface area contributed by atoms with E-state index in [9.17, 15) is 5.11 Å². The van der Waals surface area contributed by atoms with E-state index in [2.05, 4.69) is 4.98 Å². The molecule has 1 aromatic carbocycles. The smallest absolute Gasteiger partial charge is 0.129 e. The van der Waals surface area contributed by atoms with Crippen LogP contribution in [0.15, 0.2) is 30.3 Å². The van der Waals surface area contributed by atoms with Crippen LogP contribution in [0.4, 0.5) is 0 Å². The molecule has 0 aliphatic carbocycles. The molecule has 2 rings (SSSR count). The zero-order chi connectivity index (χ0) is 10.1. The number of hydrogen-bond acceptors (Lipinski definition) is 2. The van der Waals surface area contributed by atoms with Gasteiger partial charge in [-0.05, 0) is 30.7 Å². The van der Waals surface area contributed by atoms with E-state index in [0.717, 1.165) is 16.5 Å². The zero-order valence-corrected chi connectivity index (χ0v) is 8.49. The van der Waals surface area contributed by atoms with Crippen molar-refractivity contribution < 1.29 is 5.11 Å². The number of aliphatic hydroxyl groups excluding tert-OH is 1. The molecule has 0 amide bonds. The van der Waals surface area contributed by atoms with Crippen LogP contribution >= 0.6 is 11.6 Å². The maximum Gasteiger partial charge on any atom is 0.129 e. The van der Waals surface area contributed by atoms with E-state index >= 15 is 0 Å². The monoisotopic (exact) mass is 207 g/mol. The third-order valence-corrected chi connectivity index (χ3v) is 2.38. The molecule has 0 saturated heterocycles. The maximum atomic E-state index is 9.39. The summed E-state index contributed by atoms with van der Waals surface area (Å²) in [6.45, 7) is 1.73. The summed E-state index contributed by atoms with van der Waals surface area (Å²) in [5.74, 6) is 0. The van der Waals surface area contributed by atoms with Crippen LogP contribution in [-0.4, -0.2) is 10.1 Å². The first-order valence-electron chi connectivity index (χ1n) is 4.41. The fourth-order valence-electron chi connectivity index (χ4n) is 1.37. The average molecular weight is 208 g/mol. The fourth-order valence-corrected chi connectivity index (χ4v) is 1.52. The molecule has 1 heterocycles. The van der Waals surface area contributed by atoms with E-state index in [4.69, 9.17) is 11.6 Å². The van der Waals surface area contributed by atoms with Gasteiger partial charge in [0.2, 0.25) is 0 Å². The molecule has 3 heteroatoms. The summed E-state index contributed by atoms with van der Waals surface area (Å²) >= 11 is 5.78. The second-order valence-corrected chi connectivity index (χ2v) is 3.65. The molecule has 1 atom stereocenters. The van der Waals surface area contributed by atoms with Gasteiger partial charge in [-0.2, -0.15) is 0 Å². The fraction of sp³-hybridized carbons (Fsp3) is 0.182. The van der Waals surface area contributed by atoms with Gasteiger partial charge in [-0.1, -0.05) is 23.7 Å². The standard InChI is InChI=1S/C11H10ClNO/c1-7(14)9-3-2-8-4-5-11(12)13-10(8)6-9/h2-7,14H,1H3. The topological polar surface area (TPSA) is 33.1 Å². The molecule has 1 unspecified atom stereocenters. The third-order valence-electron chi connectivity index (χ3n) is 2.16. The molecule has 1 N–H and O–H groups in total. The van der Waals surface area contributed by atoms with Gasteiger partial charge in [-0.25, -0.2) is 4.98 Å². The number of aliphatic hydroxyl groups is 1. The van der Waals surface area contributed by atoms with Gasteiger partial charge in [0.05, 0.1) is 11.6 Å². The first-order valence-corrected chi connectivity index (χ1v) is 4.79. The molecular formula is C11H10ClNO. The van der Waals surface area contributed by atoms with Crippen LogP contribution in [0.2, 0.25) is 5.15 Å². The second-order valence-electron chi connectivity index (χ2n) is 3.26. The summed E-state index contributed by atoms with van der Waals surface area (Å²) in [5, 5.41) is 10.9. The van der Waals surface area contributed by atoms with Crippen molar-refractivity contribution in [2.24, 2.45) is 0 Å². The Bertz CT molecular complexity index is 468. The van der Waals surface area contributed by atoms with Crippen LogP contribution < -0.4 is 0 Å². The van der Waals surface area contributed by atoms with Crippen LogP contribution in [0.5, 0.6) is 0 Å². The Kier molecular flexibility index (Phi) is 2.40. The molecule has 2 nitrogen and oxygen atoms in total. The molecule has 0 spiro atoms. The van der Waals surface area contributed by atoms with Crippen molar-refractivity contribution in [1.29, 1.82) is 0 Å². The summed E-state index contributed by atoms with van der Waals surface area (Å²) in [4.78, 5) is 4.17. The minimum Gasteiger partial charge on any atom is -0.389 e. The van der Waals surface area contributed by atoms with Gasteiger partial charge in [0.25, 0.3) is 0 Å². The van der Waals surface area contributed by atoms with E-state index in [-0.39, 0.29) is 0 Å². The molecule has 14 heavy (non-hydrogen) atoms. The van der Waals surface area contributed by atoms with Crippen molar-refractivity contribution >= 4 is 22.5 Å². The van der Waals surface area contributed by atoms with Crippen molar-refractivity contribution in [3.8, 4) is 0 Å². The molecular weight excluding hydrogens is 198 g/mol. The minimum absolute atomic E-state index is 0.472. The summed E-state index contributed by atoms with van der Waals surface area (Å²) in [6, 6.07) is 9.34. The molecule has 72 valence electrons. The average Bonchev–Trinajstić information content (AvgIpc) is 2.16. The SMILES string of the molecule is CC(O)c1ccc2ccc(Cl)nc2c1. The Morgan fingerprint density at radius 3 is 2.71 bits per heavy atom. The van der Waals surface area contributed by atoms with Crippen LogP contribution in [0.25, 0.3) is 10.9 Å². The van der Waals surface area contributed by atoms with Crippen molar-refractivity contribution in [1.82, 2.24) is 4.98 Å². The highest BCUT2D eigenvalue weighted by Crippen LogP contribution is 2.20. The molecule has 0 saturated carbocycles. The largest absolute Gasteiger partial charge is 0.389 e. The maximum absolute atomic E-state index is 9.39. The molecule has 0 fully saturated rings. The van der Waals surface area contributed by atoms with Crippen LogP contribution in [0.1, 0.15) is 18.6 Å². The van der Waals surface area contributed by atoms with Crippen LogP contribution in [0, 0.1) is 0 Å². The number of halogens is 1. The summed E-state index contributed by atoms with van der Waals surface area (Å²) in [7, 11) is 0. The predicted octanol–water partition coefficient (Wildman–Crippen LogP) is 2.94. The third kappa shape index (κ3) is 1.72. The number of nitrogens with zero attached hydrogens (tertiary/aromatic N) is 1. The highest BCUT2D eigenvalue weighted by atomic mass is 35.5. The van der Waals surface area contributed by atoms with Gasteiger partial charge in [0.15, 0.2) is 0 Å². The quantitative estimate of drug-likeness (QED) is 0.730. The Morgan fingerprint density at radius 2 is 2.00 bits per heavy atom. The highest BCUT2D eigenvalue weighted by Gasteiger charge is 2.02. The lowest BCUT2D eigenvalue weighted by Crippen LogP contribution is -1.91. The van der Waals surface area contributed by atoms with E-state index in [0.29, 0.717) is 5.15 Å². The summed E-state index contributed by atoms with van der Waals surface area (Å²) < 4.78 is 0. The van der Waals surface area contributed by atoms with Gasteiger partial charge >= 0.3 is 0 Å². The van der Waals surface area contributed by atoms with Crippen LogP contribution in [0.3, 0.4) is 0 Å². The Balaban J connectivity index is 2.63. The normalized spacial score (nSPS) is 13.1. The van der Waals surface area contributed by atoms with Gasteiger partial charge in [-0.3, -0.25) is 0 Å². The molecule has 0 aliphatic heterocycles. The van der Waals surface area contributed by atoms with Gasteiger partial charge < -0.3 is 5.11 Å². The molecule has 0 aliphatic rings. The number of rotatable bonds is 1. The van der Waals surface area contributed by atoms with E-state index in [1.807, 2.05) is 24.3 Å². The first kappa shape index (κ1) is 9.44. The van der Waals surface area contributed by atoms with Gasteiger partial charge in [0.1, 0.15) is 5.15 Å². The summed E-state index contributed by atoms with van der Waals surface area (Å²) in [6.07, 6.45) is -0.472. The summed E-state index contributed by atoms with van der Waals surface area (Å²) in [5.41, 5.74) is 1.67. The van der Waals surface area contributed by atoms with E-state index in [1.54, 1.807) is 13.0 Å². The van der Waals surface area contributed by atoms with Crippen molar-refractivity contribution in [2.75, 3.05) is 0 Å². The van der Waals surface area contributed by atoms with E-state index < -0.39 is 6.10 Å². The Morgan fingerprint density at radius 1 is 1.29 bits per heavy atom. The van der Waals surface area contributed by atoms with Gasteiger partial charge in [0, 0.05) is 5.39 Å². The number of hydrogen-bond donors (Lipinski definition) is 1. The molecule has 0 bridgehead atoms. The number of aromatic nitrogens is 1. The number of fused-ring (bicyclic) bond motifs is 1. The lowest BCUT2D eigenvalue weighted by molar-refractivity contribution is 0.199. The van der Waals surface area contributed by atoms with Crippen molar-refractivity contribution in [2.45, 2.75) is 13.0 Å². The van der Waals surface area contributed by atoms with E-state index in [1.165, 1.54) is 0 Å². The van der Waals surface area contributed by atoms with Gasteiger partial charge in [-0.15, -0.1) is 0 Å². The van der Waals surface area contributed by atoms with Crippen molar-refractivity contribution in [3.63, 3.8) is 0 Å². The highest BCUT2D eigenvalue weighted by molar-refractivity contribution is 6.29. The zero-order valence-electron chi connectivity index (χ0n) is 7.74. The molecule has 2 aromatic rings. The number of benzene rings is 1. The molecule has 1 aromatic heterocycles. The lowest BCUT2D eigenvalue weighted by atomic mass is 10.1. The predicted molar refractivity (Wildman–Crippen MR) is 57.4 cm³/mol. The molecule has 0 radical (unpaired) electrons. The van der Waals surface area contributed by atoms with Crippen LogP contribution in [-0.2, 0) is 0 Å². The van der Waals surface area contributed by atoms with Crippen molar-refractivity contribution in [3.05, 3.63) is 41.0 Å². The first-order chi connectivity index (χ1) is 6.66. The Hall–Kier alpha value is -1.12. The number of pyridine rings is 1. The second kappa shape index (κ2) is 3.56. The minimum atomic E-state index is -0.472. The Labute approximate surface area is 87.2 Å².